The minimum atomic E-state index is -3.16. The van der Waals surface area contributed by atoms with Crippen molar-refractivity contribution >= 4 is 9.84 Å². The first kappa shape index (κ1) is 10.5. The van der Waals surface area contributed by atoms with E-state index in [2.05, 4.69) is 0 Å². The lowest BCUT2D eigenvalue weighted by Gasteiger charge is -2.13. The van der Waals surface area contributed by atoms with Crippen LogP contribution in [0.5, 0.6) is 0 Å². The van der Waals surface area contributed by atoms with E-state index in [-0.39, 0.29) is 5.25 Å². The van der Waals surface area contributed by atoms with E-state index >= 15 is 0 Å². The van der Waals surface area contributed by atoms with E-state index in [1.807, 2.05) is 6.07 Å². The van der Waals surface area contributed by atoms with Crippen molar-refractivity contribution in [2.75, 3.05) is 0 Å². The average Bonchev–Trinajstić information content (AvgIpc) is 2.58. The molecule has 13 heavy (non-hydrogen) atoms. The van der Waals surface area contributed by atoms with Gasteiger partial charge in [-0.1, -0.05) is 19.8 Å². The second kappa shape index (κ2) is 4.10. The SMILES string of the molecule is CCC(C#N)S(=O)(=O)C1CCCC1. The molecule has 0 aromatic carbocycles. The minimum absolute atomic E-state index is 0.239. The zero-order chi connectivity index (χ0) is 9.90. The molecule has 0 aromatic rings. The molecule has 0 aliphatic heterocycles. The summed E-state index contributed by atoms with van der Waals surface area (Å²) in [5, 5.41) is 7.67. The van der Waals surface area contributed by atoms with Crippen LogP contribution in [0.25, 0.3) is 0 Å². The van der Waals surface area contributed by atoms with Crippen LogP contribution in [0.3, 0.4) is 0 Å². The minimum Gasteiger partial charge on any atom is -0.227 e. The highest BCUT2D eigenvalue weighted by molar-refractivity contribution is 7.92. The average molecular weight is 201 g/mol. The van der Waals surface area contributed by atoms with Crippen molar-refractivity contribution in [2.45, 2.75) is 49.5 Å². The van der Waals surface area contributed by atoms with Crippen LogP contribution < -0.4 is 0 Å². The smallest absolute Gasteiger partial charge is 0.169 e. The molecule has 0 heterocycles. The number of nitriles is 1. The predicted molar refractivity (Wildman–Crippen MR) is 50.9 cm³/mol. The number of hydrogen-bond donors (Lipinski definition) is 0. The van der Waals surface area contributed by atoms with Gasteiger partial charge in [0.05, 0.1) is 11.3 Å². The van der Waals surface area contributed by atoms with Gasteiger partial charge in [0.2, 0.25) is 0 Å². The van der Waals surface area contributed by atoms with Crippen molar-refractivity contribution in [1.82, 2.24) is 0 Å². The van der Waals surface area contributed by atoms with Gasteiger partial charge < -0.3 is 0 Å². The summed E-state index contributed by atoms with van der Waals surface area (Å²) in [6.07, 6.45) is 3.90. The van der Waals surface area contributed by atoms with Crippen molar-refractivity contribution in [3.05, 3.63) is 0 Å². The number of hydrogen-bond acceptors (Lipinski definition) is 3. The van der Waals surface area contributed by atoms with Crippen molar-refractivity contribution in [1.29, 1.82) is 5.26 Å². The normalized spacial score (nSPS) is 21.2. The molecular weight excluding hydrogens is 186 g/mol. The molecule has 1 atom stereocenters. The van der Waals surface area contributed by atoms with Crippen molar-refractivity contribution in [3.63, 3.8) is 0 Å². The highest BCUT2D eigenvalue weighted by Crippen LogP contribution is 2.28. The number of sulfone groups is 1. The van der Waals surface area contributed by atoms with Gasteiger partial charge in [-0.3, -0.25) is 0 Å². The number of rotatable bonds is 3. The van der Waals surface area contributed by atoms with Crippen LogP contribution in [0.1, 0.15) is 39.0 Å². The lowest BCUT2D eigenvalue weighted by atomic mass is 10.3. The Labute approximate surface area is 79.7 Å². The summed E-state index contributed by atoms with van der Waals surface area (Å²) in [6.45, 7) is 1.75. The molecule has 1 aliphatic rings. The van der Waals surface area contributed by atoms with Gasteiger partial charge in [0.1, 0.15) is 5.25 Å². The van der Waals surface area contributed by atoms with E-state index in [1.54, 1.807) is 6.92 Å². The van der Waals surface area contributed by atoms with E-state index < -0.39 is 15.1 Å². The molecule has 1 aliphatic carbocycles. The summed E-state index contributed by atoms with van der Waals surface area (Å²) in [5.41, 5.74) is 0. The number of nitrogens with zero attached hydrogens (tertiary/aromatic N) is 1. The maximum atomic E-state index is 11.8. The standard InChI is InChI=1S/C9H15NO2S/c1-2-8(7-10)13(11,12)9-5-3-4-6-9/h8-9H,2-6H2,1H3. The lowest BCUT2D eigenvalue weighted by Crippen LogP contribution is -2.28. The molecule has 4 heteroatoms. The molecule has 0 spiro atoms. The van der Waals surface area contributed by atoms with Gasteiger partial charge in [0, 0.05) is 0 Å². The quantitative estimate of drug-likeness (QED) is 0.697. The van der Waals surface area contributed by atoms with Gasteiger partial charge in [-0.05, 0) is 19.3 Å². The second-order valence-corrected chi connectivity index (χ2v) is 5.94. The Morgan fingerprint density at radius 2 is 2.00 bits per heavy atom. The molecule has 1 unspecified atom stereocenters. The van der Waals surface area contributed by atoms with Crippen LogP contribution in [0.2, 0.25) is 0 Å². The van der Waals surface area contributed by atoms with Crippen molar-refractivity contribution in [3.8, 4) is 6.07 Å². The van der Waals surface area contributed by atoms with Gasteiger partial charge in [-0.25, -0.2) is 8.42 Å². The Bertz CT molecular complexity index is 296. The molecule has 1 rings (SSSR count). The third kappa shape index (κ3) is 2.02. The Balaban J connectivity index is 2.81. The fourth-order valence-electron chi connectivity index (χ4n) is 1.85. The van der Waals surface area contributed by atoms with E-state index in [1.165, 1.54) is 0 Å². The summed E-state index contributed by atoms with van der Waals surface area (Å²) < 4.78 is 23.5. The Hall–Kier alpha value is -0.560. The molecular formula is C9H15NO2S. The van der Waals surface area contributed by atoms with Gasteiger partial charge in [-0.15, -0.1) is 0 Å². The van der Waals surface area contributed by atoms with Crippen LogP contribution in [0.4, 0.5) is 0 Å². The zero-order valence-electron chi connectivity index (χ0n) is 7.86. The van der Waals surface area contributed by atoms with Gasteiger partial charge in [0.15, 0.2) is 9.84 Å². The zero-order valence-corrected chi connectivity index (χ0v) is 8.68. The molecule has 1 fully saturated rings. The molecule has 1 saturated carbocycles. The molecule has 3 nitrogen and oxygen atoms in total. The van der Waals surface area contributed by atoms with Crippen LogP contribution >= 0.6 is 0 Å². The Morgan fingerprint density at radius 1 is 1.46 bits per heavy atom. The fraction of sp³-hybridized carbons (Fsp3) is 0.889. The van der Waals surface area contributed by atoms with Gasteiger partial charge in [0.25, 0.3) is 0 Å². The topological polar surface area (TPSA) is 57.9 Å². The Kier molecular flexibility index (Phi) is 3.32. The summed E-state index contributed by atoms with van der Waals surface area (Å²) in [7, 11) is -3.16. The third-order valence-corrected chi connectivity index (χ3v) is 5.31. The van der Waals surface area contributed by atoms with E-state index in [4.69, 9.17) is 5.26 Å². The highest BCUT2D eigenvalue weighted by Gasteiger charge is 2.34. The summed E-state index contributed by atoms with van der Waals surface area (Å²) in [5.74, 6) is 0. The molecule has 0 amide bonds. The maximum Gasteiger partial charge on any atom is 0.169 e. The maximum absolute atomic E-state index is 11.8. The first-order chi connectivity index (χ1) is 6.12. The molecule has 0 N–H and O–H groups in total. The van der Waals surface area contributed by atoms with Crippen LogP contribution in [0, 0.1) is 11.3 Å². The third-order valence-electron chi connectivity index (χ3n) is 2.68. The molecule has 0 aromatic heterocycles. The van der Waals surface area contributed by atoms with Crippen molar-refractivity contribution in [2.24, 2.45) is 0 Å². The van der Waals surface area contributed by atoms with Crippen LogP contribution in [-0.2, 0) is 9.84 Å². The predicted octanol–water partition coefficient (Wildman–Crippen LogP) is 1.65. The lowest BCUT2D eigenvalue weighted by molar-refractivity contribution is 0.571. The fourth-order valence-corrected chi connectivity index (χ4v) is 3.91. The summed E-state index contributed by atoms with van der Waals surface area (Å²) in [4.78, 5) is 0. The van der Waals surface area contributed by atoms with E-state index in [0.29, 0.717) is 6.42 Å². The largest absolute Gasteiger partial charge is 0.227 e. The molecule has 0 radical (unpaired) electrons. The van der Waals surface area contributed by atoms with E-state index in [9.17, 15) is 8.42 Å². The van der Waals surface area contributed by atoms with Gasteiger partial charge in [-0.2, -0.15) is 5.26 Å². The van der Waals surface area contributed by atoms with Crippen LogP contribution in [0.15, 0.2) is 0 Å². The molecule has 0 saturated heterocycles. The molecule has 74 valence electrons. The van der Waals surface area contributed by atoms with Crippen LogP contribution in [-0.4, -0.2) is 18.9 Å². The summed E-state index contributed by atoms with van der Waals surface area (Å²) >= 11 is 0. The molecule has 0 bridgehead atoms. The first-order valence-corrected chi connectivity index (χ1v) is 6.36. The highest BCUT2D eigenvalue weighted by atomic mass is 32.2. The monoisotopic (exact) mass is 201 g/mol. The Morgan fingerprint density at radius 3 is 2.38 bits per heavy atom. The van der Waals surface area contributed by atoms with Gasteiger partial charge >= 0.3 is 0 Å². The first-order valence-electron chi connectivity index (χ1n) is 4.75. The van der Waals surface area contributed by atoms with Crippen molar-refractivity contribution < 1.29 is 8.42 Å². The second-order valence-electron chi connectivity index (χ2n) is 3.52. The van der Waals surface area contributed by atoms with E-state index in [0.717, 1.165) is 25.7 Å². The summed E-state index contributed by atoms with van der Waals surface area (Å²) in [6, 6.07) is 1.88.